The van der Waals surface area contributed by atoms with Crippen molar-refractivity contribution in [2.75, 3.05) is 31.7 Å². The minimum atomic E-state index is -2.99. The first-order chi connectivity index (χ1) is 7.33. The molecule has 0 bridgehead atoms. The number of aliphatic hydroxyl groups is 1. The molecule has 0 aromatic carbocycles. The number of likely N-dealkylation sites (tertiary alicyclic amines) is 1. The summed E-state index contributed by atoms with van der Waals surface area (Å²) < 4.78 is 22.5. The Balaban J connectivity index is 2.56. The van der Waals surface area contributed by atoms with Gasteiger partial charge in [-0.05, 0) is 38.6 Å². The third-order valence-corrected chi connectivity index (χ3v) is 4.44. The van der Waals surface area contributed by atoms with Crippen LogP contribution in [0.5, 0.6) is 0 Å². The van der Waals surface area contributed by atoms with Crippen molar-refractivity contribution in [1.82, 2.24) is 4.90 Å². The van der Waals surface area contributed by atoms with Crippen LogP contribution in [0.25, 0.3) is 0 Å². The van der Waals surface area contributed by atoms with Crippen LogP contribution in [-0.2, 0) is 9.84 Å². The molecular formula is C11H23NO3S. The summed E-state index contributed by atoms with van der Waals surface area (Å²) in [6, 6.07) is 0.502. The fourth-order valence-corrected chi connectivity index (χ4v) is 3.55. The molecule has 0 aromatic rings. The highest BCUT2D eigenvalue weighted by molar-refractivity contribution is 7.90. The molecule has 2 unspecified atom stereocenters. The molecule has 0 aliphatic carbocycles. The van der Waals surface area contributed by atoms with Crippen LogP contribution in [0.2, 0.25) is 0 Å². The van der Waals surface area contributed by atoms with Crippen LogP contribution in [0.1, 0.15) is 20.3 Å². The van der Waals surface area contributed by atoms with Crippen LogP contribution in [0, 0.1) is 11.8 Å². The number of hydrogen-bond acceptors (Lipinski definition) is 4. The van der Waals surface area contributed by atoms with E-state index < -0.39 is 9.84 Å². The van der Waals surface area contributed by atoms with Crippen molar-refractivity contribution in [1.29, 1.82) is 0 Å². The first-order valence-electron chi connectivity index (χ1n) is 5.86. The predicted octanol–water partition coefficient (Wildman–Crippen LogP) is 0.370. The number of sulfone groups is 1. The van der Waals surface area contributed by atoms with E-state index in [0.29, 0.717) is 12.0 Å². The zero-order valence-electron chi connectivity index (χ0n) is 10.4. The van der Waals surface area contributed by atoms with E-state index in [1.165, 1.54) is 6.26 Å². The smallest absolute Gasteiger partial charge is 0.147 e. The van der Waals surface area contributed by atoms with Crippen LogP contribution in [0.3, 0.4) is 0 Å². The lowest BCUT2D eigenvalue weighted by Crippen LogP contribution is -2.32. The lowest BCUT2D eigenvalue weighted by atomic mass is 9.94. The fourth-order valence-electron chi connectivity index (χ4n) is 2.40. The van der Waals surface area contributed by atoms with Crippen LogP contribution >= 0.6 is 0 Å². The SMILES string of the molecule is CC(C)N1CCC(C(CO)CS(C)(=O)=O)C1. The Hall–Kier alpha value is -0.130. The molecule has 4 nitrogen and oxygen atoms in total. The summed E-state index contributed by atoms with van der Waals surface area (Å²) in [6.07, 6.45) is 2.24. The molecule has 1 N–H and O–H groups in total. The molecule has 5 heteroatoms. The maximum Gasteiger partial charge on any atom is 0.147 e. The van der Waals surface area contributed by atoms with E-state index in [1.807, 2.05) is 0 Å². The van der Waals surface area contributed by atoms with Gasteiger partial charge in [0.1, 0.15) is 9.84 Å². The summed E-state index contributed by atoms with van der Waals surface area (Å²) in [5.41, 5.74) is 0. The molecule has 1 saturated heterocycles. The van der Waals surface area contributed by atoms with Crippen LogP contribution in [0.15, 0.2) is 0 Å². The summed E-state index contributed by atoms with van der Waals surface area (Å²) in [7, 11) is -2.99. The van der Waals surface area contributed by atoms with E-state index in [-0.39, 0.29) is 18.3 Å². The highest BCUT2D eigenvalue weighted by Crippen LogP contribution is 2.26. The summed E-state index contributed by atoms with van der Waals surface area (Å²) >= 11 is 0. The fraction of sp³-hybridized carbons (Fsp3) is 1.00. The van der Waals surface area contributed by atoms with Gasteiger partial charge in [-0.1, -0.05) is 0 Å². The summed E-state index contributed by atoms with van der Waals surface area (Å²) in [5, 5.41) is 9.29. The first kappa shape index (κ1) is 13.9. The summed E-state index contributed by atoms with van der Waals surface area (Å²) in [5.74, 6) is 0.334. The van der Waals surface area contributed by atoms with E-state index in [9.17, 15) is 13.5 Å². The molecular weight excluding hydrogens is 226 g/mol. The van der Waals surface area contributed by atoms with Gasteiger partial charge in [0, 0.05) is 25.4 Å². The van der Waals surface area contributed by atoms with E-state index >= 15 is 0 Å². The molecule has 1 rings (SSSR count). The standard InChI is InChI=1S/C11H23NO3S/c1-9(2)12-5-4-10(6-12)11(7-13)8-16(3,14)15/h9-11,13H,4-8H2,1-3H3. The Morgan fingerprint density at radius 2 is 2.06 bits per heavy atom. The lowest BCUT2D eigenvalue weighted by molar-refractivity contribution is 0.182. The highest BCUT2D eigenvalue weighted by atomic mass is 32.2. The van der Waals surface area contributed by atoms with Gasteiger partial charge in [-0.2, -0.15) is 0 Å². The molecule has 96 valence electrons. The van der Waals surface area contributed by atoms with Crippen molar-refractivity contribution in [3.8, 4) is 0 Å². The molecule has 0 amide bonds. The largest absolute Gasteiger partial charge is 0.396 e. The second-order valence-corrected chi connectivity index (χ2v) is 7.36. The highest BCUT2D eigenvalue weighted by Gasteiger charge is 2.31. The summed E-state index contributed by atoms with van der Waals surface area (Å²) in [4.78, 5) is 2.34. The van der Waals surface area contributed by atoms with Gasteiger partial charge in [0.25, 0.3) is 0 Å². The van der Waals surface area contributed by atoms with Crippen molar-refractivity contribution >= 4 is 9.84 Å². The average molecular weight is 249 g/mol. The average Bonchev–Trinajstić information content (AvgIpc) is 2.61. The Kier molecular flexibility index (Phi) is 4.76. The van der Waals surface area contributed by atoms with Gasteiger partial charge in [-0.25, -0.2) is 8.42 Å². The minimum absolute atomic E-state index is 0.0241. The molecule has 0 spiro atoms. The molecule has 0 aromatic heterocycles. The van der Waals surface area contributed by atoms with E-state index in [4.69, 9.17) is 0 Å². The van der Waals surface area contributed by atoms with Gasteiger partial charge < -0.3 is 10.0 Å². The third-order valence-electron chi connectivity index (χ3n) is 3.40. The number of nitrogens with zero attached hydrogens (tertiary/aromatic N) is 1. The Bertz CT molecular complexity index is 313. The molecule has 1 aliphatic heterocycles. The van der Waals surface area contributed by atoms with Gasteiger partial charge >= 0.3 is 0 Å². The van der Waals surface area contributed by atoms with Gasteiger partial charge in [0.05, 0.1) is 5.75 Å². The van der Waals surface area contributed by atoms with E-state index in [0.717, 1.165) is 19.5 Å². The normalized spacial score (nSPS) is 25.2. The molecule has 2 atom stereocenters. The van der Waals surface area contributed by atoms with Gasteiger partial charge in [0.15, 0.2) is 0 Å². The van der Waals surface area contributed by atoms with Gasteiger partial charge in [-0.3, -0.25) is 0 Å². The van der Waals surface area contributed by atoms with Gasteiger partial charge in [0.2, 0.25) is 0 Å². The molecule has 1 heterocycles. The maximum absolute atomic E-state index is 11.2. The molecule has 16 heavy (non-hydrogen) atoms. The van der Waals surface area contributed by atoms with Crippen molar-refractivity contribution in [3.05, 3.63) is 0 Å². The monoisotopic (exact) mass is 249 g/mol. The Labute approximate surface area is 98.6 Å². The number of aliphatic hydroxyl groups excluding tert-OH is 1. The van der Waals surface area contributed by atoms with Gasteiger partial charge in [-0.15, -0.1) is 0 Å². The van der Waals surface area contributed by atoms with Crippen LogP contribution < -0.4 is 0 Å². The number of rotatable bonds is 5. The Morgan fingerprint density at radius 1 is 1.44 bits per heavy atom. The zero-order chi connectivity index (χ0) is 12.3. The van der Waals surface area contributed by atoms with Crippen LogP contribution in [0.4, 0.5) is 0 Å². The van der Waals surface area contributed by atoms with Crippen molar-refractivity contribution < 1.29 is 13.5 Å². The van der Waals surface area contributed by atoms with Crippen molar-refractivity contribution in [2.45, 2.75) is 26.3 Å². The van der Waals surface area contributed by atoms with E-state index in [1.54, 1.807) is 0 Å². The lowest BCUT2D eigenvalue weighted by Gasteiger charge is -2.23. The molecule has 0 radical (unpaired) electrons. The minimum Gasteiger partial charge on any atom is -0.396 e. The van der Waals surface area contributed by atoms with Crippen LogP contribution in [-0.4, -0.2) is 56.2 Å². The quantitative estimate of drug-likeness (QED) is 0.765. The van der Waals surface area contributed by atoms with E-state index in [2.05, 4.69) is 18.7 Å². The third kappa shape index (κ3) is 4.03. The van der Waals surface area contributed by atoms with Crippen molar-refractivity contribution in [3.63, 3.8) is 0 Å². The number of hydrogen-bond donors (Lipinski definition) is 1. The Morgan fingerprint density at radius 3 is 2.44 bits per heavy atom. The second kappa shape index (κ2) is 5.47. The van der Waals surface area contributed by atoms with Crippen molar-refractivity contribution in [2.24, 2.45) is 11.8 Å². The topological polar surface area (TPSA) is 57.6 Å². The first-order valence-corrected chi connectivity index (χ1v) is 7.92. The molecule has 1 aliphatic rings. The molecule has 1 fully saturated rings. The maximum atomic E-state index is 11.2. The zero-order valence-corrected chi connectivity index (χ0v) is 11.2. The second-order valence-electron chi connectivity index (χ2n) is 5.17. The predicted molar refractivity (Wildman–Crippen MR) is 65.1 cm³/mol. The summed E-state index contributed by atoms with van der Waals surface area (Å²) in [6.45, 7) is 6.20. The molecule has 0 saturated carbocycles.